The lowest BCUT2D eigenvalue weighted by atomic mass is 9.92. The molecule has 6 heteroatoms. The van der Waals surface area contributed by atoms with Crippen molar-refractivity contribution in [3.05, 3.63) is 95.1 Å². The minimum Gasteiger partial charge on any atom is -0.507 e. The van der Waals surface area contributed by atoms with Crippen LogP contribution in [0.2, 0.25) is 0 Å². The molecule has 0 radical (unpaired) electrons. The molecule has 5 rings (SSSR count). The molecule has 1 amide bonds. The number of nitrogens with one attached hydrogen (secondary N) is 1. The average molecular weight is 417 g/mol. The highest BCUT2D eigenvalue weighted by Gasteiger charge is 2.28. The largest absolute Gasteiger partial charge is 0.507 e. The molecule has 0 spiro atoms. The van der Waals surface area contributed by atoms with E-state index in [4.69, 9.17) is 4.74 Å². The Balaban J connectivity index is 1.46. The van der Waals surface area contributed by atoms with Crippen molar-refractivity contribution < 1.29 is 18.8 Å². The van der Waals surface area contributed by atoms with E-state index in [-0.39, 0.29) is 11.7 Å². The third-order valence-corrected chi connectivity index (χ3v) is 6.67. The Kier molecular flexibility index (Phi) is 4.64. The molecule has 150 valence electrons. The van der Waals surface area contributed by atoms with Gasteiger partial charge in [-0.2, -0.15) is 0 Å². The molecular formula is C24H19NO4S. The number of rotatable bonds is 4. The van der Waals surface area contributed by atoms with E-state index in [2.05, 4.69) is 10.8 Å². The van der Waals surface area contributed by atoms with Crippen molar-refractivity contribution >= 4 is 21.8 Å². The summed E-state index contributed by atoms with van der Waals surface area (Å²) in [6.07, 6.45) is 3.07. The van der Waals surface area contributed by atoms with E-state index in [1.807, 2.05) is 48.5 Å². The van der Waals surface area contributed by atoms with Gasteiger partial charge in [0, 0.05) is 17.6 Å². The Morgan fingerprint density at radius 3 is 2.60 bits per heavy atom. The van der Waals surface area contributed by atoms with Crippen LogP contribution >= 0.6 is 0 Å². The topological polar surface area (TPSA) is 75.6 Å². The van der Waals surface area contributed by atoms with Crippen molar-refractivity contribution in [1.29, 1.82) is 0 Å². The second-order valence-corrected chi connectivity index (χ2v) is 8.53. The molecule has 0 fully saturated rings. The number of benzene rings is 3. The van der Waals surface area contributed by atoms with Crippen LogP contribution in [0.4, 0.5) is 0 Å². The number of aromatic hydroxyl groups is 1. The van der Waals surface area contributed by atoms with E-state index in [0.29, 0.717) is 10.5 Å². The molecule has 2 N–H and O–H groups in total. The number of hydrogen-bond donors (Lipinski definition) is 2. The van der Waals surface area contributed by atoms with Crippen LogP contribution < -0.4 is 9.46 Å². The van der Waals surface area contributed by atoms with Crippen molar-refractivity contribution in [2.45, 2.75) is 18.8 Å². The minimum atomic E-state index is -1.63. The van der Waals surface area contributed by atoms with Crippen molar-refractivity contribution in [2.75, 3.05) is 0 Å². The van der Waals surface area contributed by atoms with Crippen LogP contribution in [0.15, 0.2) is 72.8 Å². The van der Waals surface area contributed by atoms with Crippen molar-refractivity contribution in [3.63, 3.8) is 0 Å². The van der Waals surface area contributed by atoms with Gasteiger partial charge in [-0.3, -0.25) is 9.52 Å². The molecule has 1 unspecified atom stereocenters. The first-order valence-corrected chi connectivity index (χ1v) is 10.9. The SMILES string of the molecule is O=C1C=C(c2ccc([C@H]3CCc4c(Oc5ccccc5)cccc43)cc2O)S(=O)N1. The Morgan fingerprint density at radius 1 is 1.03 bits per heavy atom. The fourth-order valence-corrected chi connectivity index (χ4v) is 5.12. The quantitative estimate of drug-likeness (QED) is 0.660. The van der Waals surface area contributed by atoms with Gasteiger partial charge in [-0.05, 0) is 59.9 Å². The Hall–Kier alpha value is -3.38. The summed E-state index contributed by atoms with van der Waals surface area (Å²) in [7, 11) is -1.63. The number of carbonyl (C=O) groups excluding carboxylic acids is 1. The first-order chi connectivity index (χ1) is 14.6. The second-order valence-electron chi connectivity index (χ2n) is 7.35. The van der Waals surface area contributed by atoms with E-state index >= 15 is 0 Å². The highest BCUT2D eigenvalue weighted by molar-refractivity contribution is 7.94. The van der Waals surface area contributed by atoms with E-state index in [1.54, 1.807) is 12.1 Å². The first kappa shape index (κ1) is 18.6. The predicted octanol–water partition coefficient (Wildman–Crippen LogP) is 4.40. The maximum atomic E-state index is 12.0. The lowest BCUT2D eigenvalue weighted by molar-refractivity contribution is -0.114. The first-order valence-electron chi connectivity index (χ1n) is 9.72. The molecule has 0 aromatic heterocycles. The third kappa shape index (κ3) is 3.29. The van der Waals surface area contributed by atoms with Crippen LogP contribution in [0.1, 0.15) is 34.6 Å². The van der Waals surface area contributed by atoms with Gasteiger partial charge in [0.05, 0.1) is 4.91 Å². The lowest BCUT2D eigenvalue weighted by Gasteiger charge is -2.15. The molecular weight excluding hydrogens is 398 g/mol. The standard InChI is InChI=1S/C24H19NO4S/c26-21-13-15(9-10-20(21)23-14-24(27)25-30(23)28)17-11-12-19-18(17)7-4-8-22(19)29-16-5-2-1-3-6-16/h1-10,13-14,17,26H,11-12H2,(H,25,27)/t17-,30?/m1/s1. The maximum Gasteiger partial charge on any atom is 0.257 e. The molecule has 1 aliphatic carbocycles. The van der Waals surface area contributed by atoms with Crippen molar-refractivity contribution in [3.8, 4) is 17.2 Å². The zero-order valence-electron chi connectivity index (χ0n) is 16.0. The predicted molar refractivity (Wildman–Crippen MR) is 115 cm³/mol. The Morgan fingerprint density at radius 2 is 1.87 bits per heavy atom. The highest BCUT2D eigenvalue weighted by Crippen LogP contribution is 2.44. The monoisotopic (exact) mass is 417 g/mol. The molecule has 30 heavy (non-hydrogen) atoms. The summed E-state index contributed by atoms with van der Waals surface area (Å²) in [5.41, 5.74) is 3.77. The van der Waals surface area contributed by atoms with Gasteiger partial charge in [0.1, 0.15) is 17.2 Å². The summed E-state index contributed by atoms with van der Waals surface area (Å²) in [5, 5.41) is 10.6. The van der Waals surface area contributed by atoms with E-state index in [9.17, 15) is 14.1 Å². The minimum absolute atomic E-state index is 0.0220. The molecule has 0 bridgehead atoms. The molecule has 5 nitrogen and oxygen atoms in total. The van der Waals surface area contributed by atoms with Crippen LogP contribution in [-0.4, -0.2) is 15.2 Å². The van der Waals surface area contributed by atoms with Crippen LogP contribution in [0.3, 0.4) is 0 Å². The maximum absolute atomic E-state index is 12.0. The number of amides is 1. The van der Waals surface area contributed by atoms with Gasteiger partial charge in [-0.25, -0.2) is 4.21 Å². The number of fused-ring (bicyclic) bond motifs is 1. The van der Waals surface area contributed by atoms with Crippen molar-refractivity contribution in [1.82, 2.24) is 4.72 Å². The molecule has 0 saturated heterocycles. The van der Waals surface area contributed by atoms with Gasteiger partial charge in [0.25, 0.3) is 5.91 Å². The van der Waals surface area contributed by atoms with Gasteiger partial charge in [-0.15, -0.1) is 0 Å². The molecule has 2 aliphatic rings. The van der Waals surface area contributed by atoms with Gasteiger partial charge >= 0.3 is 0 Å². The Bertz CT molecular complexity index is 1200. The van der Waals surface area contributed by atoms with Gasteiger partial charge in [0.2, 0.25) is 0 Å². The molecule has 3 aromatic carbocycles. The summed E-state index contributed by atoms with van der Waals surface area (Å²) < 4.78 is 20.4. The zero-order chi connectivity index (χ0) is 20.7. The summed E-state index contributed by atoms with van der Waals surface area (Å²) in [4.78, 5) is 11.8. The zero-order valence-corrected chi connectivity index (χ0v) is 16.8. The summed E-state index contributed by atoms with van der Waals surface area (Å²) in [6.45, 7) is 0. The number of phenols is 1. The normalized spacial score (nSPS) is 19.9. The van der Waals surface area contributed by atoms with E-state index in [1.165, 1.54) is 17.2 Å². The number of phenolic OH excluding ortho intramolecular Hbond substituents is 1. The van der Waals surface area contributed by atoms with Crippen LogP contribution in [-0.2, 0) is 22.2 Å². The molecule has 1 aliphatic heterocycles. The summed E-state index contributed by atoms with van der Waals surface area (Å²) in [5.74, 6) is 1.41. The highest BCUT2D eigenvalue weighted by atomic mass is 32.2. The van der Waals surface area contributed by atoms with E-state index in [0.717, 1.165) is 29.9 Å². The summed E-state index contributed by atoms with van der Waals surface area (Å²) >= 11 is 0. The van der Waals surface area contributed by atoms with E-state index < -0.39 is 16.9 Å². The number of hydrogen-bond acceptors (Lipinski definition) is 4. The van der Waals surface area contributed by atoms with Crippen LogP contribution in [0.5, 0.6) is 17.2 Å². The number of ether oxygens (including phenoxy) is 1. The van der Waals surface area contributed by atoms with Gasteiger partial charge in [-0.1, -0.05) is 36.4 Å². The lowest BCUT2D eigenvalue weighted by Crippen LogP contribution is -2.16. The van der Waals surface area contributed by atoms with Gasteiger partial charge < -0.3 is 9.84 Å². The molecule has 2 atom stereocenters. The molecule has 3 aromatic rings. The fraction of sp³-hybridized carbons (Fsp3) is 0.125. The third-order valence-electron chi connectivity index (χ3n) is 5.54. The number of carbonyl (C=O) groups is 1. The van der Waals surface area contributed by atoms with Gasteiger partial charge in [0.15, 0.2) is 11.0 Å². The van der Waals surface area contributed by atoms with Crippen molar-refractivity contribution in [2.24, 2.45) is 0 Å². The fourth-order valence-electron chi connectivity index (χ4n) is 4.18. The summed E-state index contributed by atoms with van der Waals surface area (Å²) in [6, 6.07) is 21.2. The average Bonchev–Trinajstić information content (AvgIpc) is 3.32. The molecule has 0 saturated carbocycles. The molecule has 1 heterocycles. The van der Waals surface area contributed by atoms with Crippen LogP contribution in [0.25, 0.3) is 4.91 Å². The second kappa shape index (κ2) is 7.46. The smallest absolute Gasteiger partial charge is 0.257 e. The number of para-hydroxylation sites is 1. The van der Waals surface area contributed by atoms with Crippen LogP contribution in [0, 0.1) is 0 Å². The Labute approximate surface area is 176 Å².